The Morgan fingerprint density at radius 1 is 1.06 bits per heavy atom. The first-order valence-electron chi connectivity index (χ1n) is 15.9. The second kappa shape index (κ2) is 15.1. The lowest BCUT2D eigenvalue weighted by molar-refractivity contribution is -0.165. The molecule has 2 unspecified atom stereocenters. The van der Waals surface area contributed by atoms with Crippen LogP contribution in [0.4, 0.5) is 5.69 Å². The number of quaternary nitrogens is 1. The third-order valence-electron chi connectivity index (χ3n) is 8.97. The number of carbonyl (C=O) groups excluding carboxylic acids is 4. The molecule has 0 saturated carbocycles. The molecule has 12 heteroatoms. The van der Waals surface area contributed by atoms with Gasteiger partial charge < -0.3 is 23.7 Å². The van der Waals surface area contributed by atoms with Gasteiger partial charge in [-0.2, -0.15) is 0 Å². The number of hydrogen-bond donors (Lipinski definition) is 0. The highest BCUT2D eigenvalue weighted by molar-refractivity contribution is 6.30. The van der Waals surface area contributed by atoms with Gasteiger partial charge >= 0.3 is 17.8 Å². The summed E-state index contributed by atoms with van der Waals surface area (Å²) in [5.41, 5.74) is 1.20. The largest absolute Gasteiger partial charge is 0.493 e. The van der Waals surface area contributed by atoms with Gasteiger partial charge in [-0.3, -0.25) is 14.4 Å². The van der Waals surface area contributed by atoms with Gasteiger partial charge in [0, 0.05) is 42.5 Å². The van der Waals surface area contributed by atoms with Crippen molar-refractivity contribution < 1.29 is 42.9 Å². The molecular formula is C35H46ClN2O9+. The van der Waals surface area contributed by atoms with Gasteiger partial charge in [0.1, 0.15) is 25.0 Å². The standard InChI is InChI=1S/C35H46ClN2O9/c1-8-45-32(42)16-24-14-15-37(18-28(24)22(2)39)38(20-35(4,5)21-47-23(3)40)29-13-12-25(36)17-27(29)33(46-19-31(38)41)26-10-9-11-30(43-6)34(26)44-7/h9-13,17,24,28,33H,8,14-16,18-21H2,1-7H3/q+1/t24?,28-,33-,38?/m1/s1. The van der Waals surface area contributed by atoms with Gasteiger partial charge in [0.25, 0.3) is 0 Å². The smallest absolute Gasteiger partial charge is 0.363 e. The van der Waals surface area contributed by atoms with E-state index in [1.807, 2.05) is 37.1 Å². The molecule has 1 amide bonds. The van der Waals surface area contributed by atoms with Gasteiger partial charge in [0.2, 0.25) is 0 Å². The van der Waals surface area contributed by atoms with E-state index in [9.17, 15) is 19.2 Å². The summed E-state index contributed by atoms with van der Waals surface area (Å²) in [6.07, 6.45) is -0.165. The second-order valence-electron chi connectivity index (χ2n) is 12.9. The van der Waals surface area contributed by atoms with E-state index in [0.717, 1.165) is 0 Å². The van der Waals surface area contributed by atoms with E-state index in [1.165, 1.54) is 13.8 Å². The fraction of sp³-hybridized carbons (Fsp3) is 0.543. The summed E-state index contributed by atoms with van der Waals surface area (Å²) in [6.45, 7) is 9.32. The summed E-state index contributed by atoms with van der Waals surface area (Å²) >= 11 is 6.64. The minimum atomic E-state index is -0.765. The number of ether oxygens (including phenoxy) is 5. The average Bonchev–Trinajstić information content (AvgIpc) is 3.13. The van der Waals surface area contributed by atoms with E-state index in [2.05, 4.69) is 0 Å². The SMILES string of the molecule is CCOC(=O)CC1CCN([N+]2(CC(C)(C)COC(C)=O)C(=O)CO[C@H](c3cccc(OC)c3OC)c3cc(Cl)ccc32)C[C@@H]1C(C)=O. The van der Waals surface area contributed by atoms with Gasteiger partial charge in [-0.25, -0.2) is 4.79 Å². The lowest BCUT2D eigenvalue weighted by Gasteiger charge is -2.49. The Morgan fingerprint density at radius 2 is 1.81 bits per heavy atom. The van der Waals surface area contributed by atoms with Crippen molar-refractivity contribution in [2.75, 3.05) is 53.7 Å². The number of nitrogens with zero attached hydrogens (tertiary/aromatic N) is 2. The molecule has 4 atom stereocenters. The number of ketones is 1. The fourth-order valence-electron chi connectivity index (χ4n) is 6.91. The molecule has 4 rings (SSSR count). The molecule has 0 spiro atoms. The molecule has 1 saturated heterocycles. The molecule has 1 fully saturated rings. The van der Waals surface area contributed by atoms with E-state index < -0.39 is 23.4 Å². The molecule has 0 aliphatic carbocycles. The van der Waals surface area contributed by atoms with Crippen LogP contribution in [0.2, 0.25) is 5.02 Å². The number of esters is 2. The van der Waals surface area contributed by atoms with Crippen molar-refractivity contribution in [2.24, 2.45) is 17.3 Å². The first kappa shape index (κ1) is 36.3. The molecule has 256 valence electrons. The van der Waals surface area contributed by atoms with Crippen molar-refractivity contribution >= 4 is 40.9 Å². The summed E-state index contributed by atoms with van der Waals surface area (Å²) in [5.74, 6) is -0.915. The van der Waals surface area contributed by atoms with Crippen LogP contribution in [0.5, 0.6) is 11.5 Å². The molecular weight excluding hydrogens is 628 g/mol. The molecule has 0 bridgehead atoms. The number of para-hydroxylation sites is 1. The Morgan fingerprint density at radius 3 is 2.45 bits per heavy atom. The highest BCUT2D eigenvalue weighted by Crippen LogP contribution is 2.48. The maximum absolute atomic E-state index is 14.8. The van der Waals surface area contributed by atoms with Gasteiger partial charge in [-0.1, -0.05) is 37.6 Å². The van der Waals surface area contributed by atoms with Crippen LogP contribution in [0.1, 0.15) is 64.7 Å². The van der Waals surface area contributed by atoms with Crippen LogP contribution >= 0.6 is 11.6 Å². The molecule has 2 aliphatic heterocycles. The lowest BCUT2D eigenvalue weighted by atomic mass is 9.81. The molecule has 47 heavy (non-hydrogen) atoms. The van der Waals surface area contributed by atoms with E-state index in [-0.39, 0.29) is 67.5 Å². The van der Waals surface area contributed by atoms with E-state index in [1.54, 1.807) is 39.3 Å². The summed E-state index contributed by atoms with van der Waals surface area (Å²) < 4.78 is 28.2. The summed E-state index contributed by atoms with van der Waals surface area (Å²) in [6, 6.07) is 10.8. The van der Waals surface area contributed by atoms with Crippen LogP contribution < -0.4 is 14.1 Å². The monoisotopic (exact) mass is 673 g/mol. The van der Waals surface area contributed by atoms with Crippen molar-refractivity contribution in [3.63, 3.8) is 0 Å². The second-order valence-corrected chi connectivity index (χ2v) is 13.4. The molecule has 2 aliphatic rings. The molecule has 11 nitrogen and oxygen atoms in total. The number of hydrogen-bond acceptors (Lipinski definition) is 10. The number of piperidine rings is 1. The third kappa shape index (κ3) is 7.80. The molecule has 0 N–H and O–H groups in total. The molecule has 2 aromatic carbocycles. The fourth-order valence-corrected chi connectivity index (χ4v) is 7.09. The predicted molar refractivity (Wildman–Crippen MR) is 176 cm³/mol. The van der Waals surface area contributed by atoms with Crippen molar-refractivity contribution in [3.8, 4) is 11.5 Å². The van der Waals surface area contributed by atoms with Crippen LogP contribution in [-0.2, 0) is 33.4 Å². The van der Waals surface area contributed by atoms with Gasteiger partial charge in [0.05, 0.1) is 38.3 Å². The zero-order valence-electron chi connectivity index (χ0n) is 28.3. The number of carbonyl (C=O) groups is 4. The van der Waals surface area contributed by atoms with Crippen molar-refractivity contribution in [1.29, 1.82) is 0 Å². The number of benzene rings is 2. The Hall–Kier alpha value is -3.51. The summed E-state index contributed by atoms with van der Waals surface area (Å²) in [4.78, 5) is 52.4. The first-order chi connectivity index (χ1) is 22.3. The number of methoxy groups -OCH3 is 2. The summed E-state index contributed by atoms with van der Waals surface area (Å²) in [5, 5.41) is 2.45. The molecule has 0 radical (unpaired) electrons. The quantitative estimate of drug-likeness (QED) is 0.217. The molecule has 2 aromatic rings. The van der Waals surface area contributed by atoms with Crippen LogP contribution in [0, 0.1) is 17.3 Å². The van der Waals surface area contributed by atoms with Crippen molar-refractivity contribution in [3.05, 3.63) is 52.5 Å². The number of fused-ring (bicyclic) bond motifs is 1. The van der Waals surface area contributed by atoms with Crippen molar-refractivity contribution in [1.82, 2.24) is 9.60 Å². The highest BCUT2D eigenvalue weighted by Gasteiger charge is 2.55. The third-order valence-corrected chi connectivity index (χ3v) is 9.20. The minimum Gasteiger partial charge on any atom is -0.493 e. The molecule has 0 aromatic heterocycles. The van der Waals surface area contributed by atoms with E-state index in [0.29, 0.717) is 46.3 Å². The maximum atomic E-state index is 14.8. The van der Waals surface area contributed by atoms with E-state index in [4.69, 9.17) is 35.3 Å². The predicted octanol–water partition coefficient (Wildman–Crippen LogP) is 5.30. The zero-order valence-corrected chi connectivity index (χ0v) is 29.1. The highest BCUT2D eigenvalue weighted by atomic mass is 35.5. The van der Waals surface area contributed by atoms with Crippen molar-refractivity contribution in [2.45, 2.75) is 53.6 Å². The maximum Gasteiger partial charge on any atom is 0.363 e. The summed E-state index contributed by atoms with van der Waals surface area (Å²) in [7, 11) is 3.09. The Kier molecular flexibility index (Phi) is 11.7. The van der Waals surface area contributed by atoms with Crippen LogP contribution in [0.15, 0.2) is 36.4 Å². The zero-order chi connectivity index (χ0) is 34.5. The van der Waals surface area contributed by atoms with Crippen LogP contribution in [0.25, 0.3) is 0 Å². The van der Waals surface area contributed by atoms with Gasteiger partial charge in [0.15, 0.2) is 23.8 Å². The Bertz CT molecular complexity index is 1500. The van der Waals surface area contributed by atoms with Crippen LogP contribution in [-0.4, -0.2) is 82.3 Å². The lowest BCUT2D eigenvalue weighted by Crippen LogP contribution is -2.71. The first-order valence-corrected chi connectivity index (χ1v) is 16.2. The number of halogens is 1. The Balaban J connectivity index is 1.92. The minimum absolute atomic E-state index is 0.0575. The number of Topliss-reactive ketones (excluding diaryl/α,β-unsaturated/α-hetero) is 1. The molecule has 2 heterocycles. The Labute approximate surface area is 281 Å². The number of amides is 1. The average molecular weight is 674 g/mol. The van der Waals surface area contributed by atoms with Gasteiger partial charge in [-0.15, -0.1) is 9.60 Å². The normalized spacial score (nSPS) is 23.3. The van der Waals surface area contributed by atoms with Gasteiger partial charge in [-0.05, 0) is 44.4 Å². The van der Waals surface area contributed by atoms with Crippen LogP contribution in [0.3, 0.4) is 0 Å². The topological polar surface area (TPSA) is 118 Å². The number of rotatable bonds is 12. The van der Waals surface area contributed by atoms with E-state index >= 15 is 0 Å².